The Bertz CT molecular complexity index is 318. The molecule has 0 radical (unpaired) electrons. The lowest BCUT2D eigenvalue weighted by Gasteiger charge is -2.26. The highest BCUT2D eigenvalue weighted by molar-refractivity contribution is 5.87. The summed E-state index contributed by atoms with van der Waals surface area (Å²) in [6.07, 6.45) is 1.33. The third-order valence-corrected chi connectivity index (χ3v) is 3.05. The molecule has 0 fully saturated rings. The van der Waals surface area contributed by atoms with E-state index in [1.54, 1.807) is 14.0 Å². The normalized spacial score (nSPS) is 13.6. The molecule has 0 unspecified atom stereocenters. The molecule has 0 aliphatic carbocycles. The second kappa shape index (κ2) is 7.68. The number of carbonyl (C=O) groups excluding carboxylic acids is 3. The maximum atomic E-state index is 12.0. The zero-order valence-electron chi connectivity index (χ0n) is 11.5. The highest BCUT2D eigenvalue weighted by atomic mass is 16.2. The first-order valence-corrected chi connectivity index (χ1v) is 6.07. The third-order valence-electron chi connectivity index (χ3n) is 3.05. The Hall–Kier alpha value is -1.59. The van der Waals surface area contributed by atoms with E-state index in [2.05, 4.69) is 5.32 Å². The van der Waals surface area contributed by atoms with Crippen molar-refractivity contribution < 1.29 is 14.4 Å². The largest absolute Gasteiger partial charge is 0.352 e. The molecule has 0 aliphatic rings. The minimum atomic E-state index is -0.559. The Balaban J connectivity index is 4.09. The van der Waals surface area contributed by atoms with Crippen molar-refractivity contribution in [2.45, 2.75) is 39.7 Å². The number of nitrogens with zero attached hydrogens (tertiary/aromatic N) is 1. The average molecular weight is 257 g/mol. The summed E-state index contributed by atoms with van der Waals surface area (Å²) in [5.41, 5.74) is 4.93. The van der Waals surface area contributed by atoms with E-state index >= 15 is 0 Å². The molecule has 0 aromatic rings. The van der Waals surface area contributed by atoms with Gasteiger partial charge < -0.3 is 16.0 Å². The molecule has 0 saturated carbocycles. The van der Waals surface area contributed by atoms with Gasteiger partial charge >= 0.3 is 6.03 Å². The summed E-state index contributed by atoms with van der Waals surface area (Å²) in [5.74, 6) is -0.267. The lowest BCUT2D eigenvalue weighted by Crippen LogP contribution is -2.42. The number of hydrogen-bond donors (Lipinski definition) is 2. The number of carbonyl (C=O) groups is 3. The van der Waals surface area contributed by atoms with Crippen molar-refractivity contribution in [2.24, 2.45) is 11.7 Å². The highest BCUT2D eigenvalue weighted by Crippen LogP contribution is 2.11. The molecule has 0 spiro atoms. The van der Waals surface area contributed by atoms with Crippen LogP contribution in [-0.4, -0.2) is 42.3 Å². The summed E-state index contributed by atoms with van der Waals surface area (Å²) in [7, 11) is 1.63. The lowest BCUT2D eigenvalue weighted by molar-refractivity contribution is -0.139. The van der Waals surface area contributed by atoms with E-state index in [0.717, 1.165) is 0 Å². The van der Waals surface area contributed by atoms with Crippen LogP contribution in [0.25, 0.3) is 0 Å². The molecule has 6 heteroatoms. The van der Waals surface area contributed by atoms with Crippen LogP contribution in [0.3, 0.4) is 0 Å². The molecule has 0 rings (SSSR count). The molecule has 0 bridgehead atoms. The van der Waals surface area contributed by atoms with E-state index in [9.17, 15) is 14.4 Å². The van der Waals surface area contributed by atoms with Gasteiger partial charge in [-0.15, -0.1) is 0 Å². The fourth-order valence-electron chi connectivity index (χ4n) is 1.55. The van der Waals surface area contributed by atoms with Crippen molar-refractivity contribution in [1.82, 2.24) is 10.2 Å². The molecule has 3 N–H and O–H groups in total. The van der Waals surface area contributed by atoms with Gasteiger partial charge in [0.15, 0.2) is 5.78 Å². The number of ketones is 1. The number of nitrogens with two attached hydrogens (primary N) is 1. The zero-order valence-corrected chi connectivity index (χ0v) is 11.5. The molecule has 6 nitrogen and oxygen atoms in total. The molecule has 3 amide bonds. The van der Waals surface area contributed by atoms with Crippen LogP contribution in [0.1, 0.15) is 33.6 Å². The minimum Gasteiger partial charge on any atom is -0.352 e. The van der Waals surface area contributed by atoms with E-state index in [4.69, 9.17) is 5.73 Å². The first-order chi connectivity index (χ1) is 8.27. The van der Waals surface area contributed by atoms with Crippen LogP contribution in [0.5, 0.6) is 0 Å². The van der Waals surface area contributed by atoms with E-state index in [1.165, 1.54) is 11.8 Å². The fourth-order valence-corrected chi connectivity index (χ4v) is 1.55. The molecular formula is C12H23N3O3. The number of likely N-dealkylation sites (N-methyl/N-ethyl adjacent to an activating group) is 1. The van der Waals surface area contributed by atoms with Crippen molar-refractivity contribution in [3.8, 4) is 0 Å². The van der Waals surface area contributed by atoms with Crippen LogP contribution in [-0.2, 0) is 9.59 Å². The molecular weight excluding hydrogens is 234 g/mol. The van der Waals surface area contributed by atoms with Crippen molar-refractivity contribution in [1.29, 1.82) is 0 Å². The lowest BCUT2D eigenvalue weighted by atomic mass is 10.0. The molecule has 0 aromatic heterocycles. The smallest absolute Gasteiger partial charge is 0.312 e. The van der Waals surface area contributed by atoms with Crippen molar-refractivity contribution in [2.75, 3.05) is 13.6 Å². The van der Waals surface area contributed by atoms with Gasteiger partial charge in [-0.3, -0.25) is 9.59 Å². The fraction of sp³-hybridized carbons (Fsp3) is 0.750. The van der Waals surface area contributed by atoms with Crippen LogP contribution < -0.4 is 11.1 Å². The third kappa shape index (κ3) is 5.65. The monoisotopic (exact) mass is 257 g/mol. The van der Waals surface area contributed by atoms with Gasteiger partial charge in [0.2, 0.25) is 5.91 Å². The first-order valence-electron chi connectivity index (χ1n) is 6.07. The van der Waals surface area contributed by atoms with Crippen LogP contribution in [0.4, 0.5) is 4.79 Å². The molecule has 0 aliphatic heterocycles. The highest BCUT2D eigenvalue weighted by Gasteiger charge is 2.23. The number of hydrogen-bond acceptors (Lipinski definition) is 3. The van der Waals surface area contributed by atoms with Crippen LogP contribution in [0.2, 0.25) is 0 Å². The number of amides is 3. The van der Waals surface area contributed by atoms with Crippen molar-refractivity contribution >= 4 is 17.7 Å². The van der Waals surface area contributed by atoms with Gasteiger partial charge in [-0.05, 0) is 26.7 Å². The minimum absolute atomic E-state index is 0.0338. The average Bonchev–Trinajstić information content (AvgIpc) is 2.30. The second-order valence-corrected chi connectivity index (χ2v) is 4.57. The van der Waals surface area contributed by atoms with E-state index in [-0.39, 0.29) is 17.6 Å². The predicted octanol–water partition coefficient (Wildman–Crippen LogP) is 0.507. The number of nitrogens with one attached hydrogen (secondary N) is 1. The van der Waals surface area contributed by atoms with Gasteiger partial charge in [0.05, 0.1) is 6.04 Å². The summed E-state index contributed by atoms with van der Waals surface area (Å²) < 4.78 is 0. The SMILES string of the molecule is CC(=O)[C@H](C)N(C)C(=O)[C@@H](C)CCCNC(N)=O. The van der Waals surface area contributed by atoms with Gasteiger partial charge in [-0.1, -0.05) is 6.92 Å². The van der Waals surface area contributed by atoms with E-state index in [0.29, 0.717) is 19.4 Å². The first kappa shape index (κ1) is 16.4. The Labute approximate surface area is 108 Å². The number of Topliss-reactive ketones (excluding diaryl/α,β-unsaturated/α-hetero) is 1. The maximum Gasteiger partial charge on any atom is 0.312 e. The van der Waals surface area contributed by atoms with Gasteiger partial charge in [-0.25, -0.2) is 4.79 Å². The molecule has 18 heavy (non-hydrogen) atoms. The molecule has 0 heterocycles. The van der Waals surface area contributed by atoms with Crippen LogP contribution >= 0.6 is 0 Å². The Kier molecular flexibility index (Phi) is 7.00. The molecule has 0 aromatic carbocycles. The van der Waals surface area contributed by atoms with Crippen LogP contribution in [0, 0.1) is 5.92 Å². The summed E-state index contributed by atoms with van der Waals surface area (Å²) in [6, 6.07) is -0.958. The number of urea groups is 1. The van der Waals surface area contributed by atoms with Gasteiger partial charge in [-0.2, -0.15) is 0 Å². The summed E-state index contributed by atoms with van der Waals surface area (Å²) in [5, 5.41) is 2.47. The van der Waals surface area contributed by atoms with Crippen LogP contribution in [0.15, 0.2) is 0 Å². The maximum absolute atomic E-state index is 12.0. The summed E-state index contributed by atoms with van der Waals surface area (Å²) in [4.78, 5) is 35.1. The quantitative estimate of drug-likeness (QED) is 0.651. The molecule has 2 atom stereocenters. The standard InChI is InChI=1S/C12H23N3O3/c1-8(6-5-7-14-12(13)18)11(17)15(4)9(2)10(3)16/h8-9H,5-7H2,1-4H3,(H3,13,14,18)/t8-,9-/m0/s1. The van der Waals surface area contributed by atoms with Gasteiger partial charge in [0, 0.05) is 19.5 Å². The number of rotatable bonds is 7. The topological polar surface area (TPSA) is 92.5 Å². The molecule has 104 valence electrons. The predicted molar refractivity (Wildman–Crippen MR) is 68.9 cm³/mol. The Morgan fingerprint density at radius 2 is 1.83 bits per heavy atom. The van der Waals surface area contributed by atoms with Gasteiger partial charge in [0.1, 0.15) is 0 Å². The van der Waals surface area contributed by atoms with E-state index in [1.807, 2.05) is 6.92 Å². The summed E-state index contributed by atoms with van der Waals surface area (Å²) in [6.45, 7) is 5.45. The second-order valence-electron chi connectivity index (χ2n) is 4.57. The van der Waals surface area contributed by atoms with Gasteiger partial charge in [0.25, 0.3) is 0 Å². The zero-order chi connectivity index (χ0) is 14.3. The molecule has 0 saturated heterocycles. The van der Waals surface area contributed by atoms with E-state index < -0.39 is 12.1 Å². The van der Waals surface area contributed by atoms with Crippen molar-refractivity contribution in [3.63, 3.8) is 0 Å². The number of primary amides is 1. The summed E-state index contributed by atoms with van der Waals surface area (Å²) >= 11 is 0. The van der Waals surface area contributed by atoms with Crippen molar-refractivity contribution in [3.05, 3.63) is 0 Å². The Morgan fingerprint density at radius 1 is 1.28 bits per heavy atom. The Morgan fingerprint density at radius 3 is 2.28 bits per heavy atom.